The maximum atomic E-state index is 11.8. The minimum absolute atomic E-state index is 0.167. The second-order valence-electron chi connectivity index (χ2n) is 4.22. The van der Waals surface area contributed by atoms with Crippen LogP contribution in [0.5, 0.6) is 5.75 Å². The van der Waals surface area contributed by atoms with Gasteiger partial charge in [0.25, 0.3) is 0 Å². The Morgan fingerprint density at radius 1 is 1.38 bits per heavy atom. The molecule has 21 heavy (non-hydrogen) atoms. The number of halogens is 2. The summed E-state index contributed by atoms with van der Waals surface area (Å²) in [5, 5.41) is 3.18. The number of pyridine rings is 1. The van der Waals surface area contributed by atoms with Crippen molar-refractivity contribution in [2.45, 2.75) is 6.42 Å². The Morgan fingerprint density at radius 3 is 2.90 bits per heavy atom. The number of nitrogen functional groups attached to an aromatic ring is 1. The number of anilines is 2. The molecule has 0 saturated heterocycles. The van der Waals surface area contributed by atoms with Crippen LogP contribution in [0.15, 0.2) is 41.1 Å². The standard InChI is InChI=1S/C14H13BrClN3O2/c15-9-5-11(8-18-7-9)21-4-3-14(20)19-10-1-2-12(16)13(17)6-10/h1-2,5-8H,3-4,17H2,(H,19,20). The molecule has 2 aromatic rings. The molecule has 5 nitrogen and oxygen atoms in total. The molecule has 2 rings (SSSR count). The van der Waals surface area contributed by atoms with E-state index in [0.717, 1.165) is 4.47 Å². The maximum Gasteiger partial charge on any atom is 0.227 e. The van der Waals surface area contributed by atoms with Crippen LogP contribution in [-0.4, -0.2) is 17.5 Å². The number of nitrogens with one attached hydrogen (secondary N) is 1. The van der Waals surface area contributed by atoms with Gasteiger partial charge in [-0.05, 0) is 40.2 Å². The van der Waals surface area contributed by atoms with Crippen LogP contribution in [0.2, 0.25) is 5.02 Å². The van der Waals surface area contributed by atoms with Crippen LogP contribution in [0, 0.1) is 0 Å². The summed E-state index contributed by atoms with van der Waals surface area (Å²) >= 11 is 9.11. The number of nitrogens with zero attached hydrogens (tertiary/aromatic N) is 1. The van der Waals surface area contributed by atoms with E-state index in [9.17, 15) is 4.79 Å². The average Bonchev–Trinajstić information content (AvgIpc) is 2.43. The van der Waals surface area contributed by atoms with Crippen molar-refractivity contribution >= 4 is 44.8 Å². The molecule has 7 heteroatoms. The molecule has 0 aliphatic rings. The third-order valence-electron chi connectivity index (χ3n) is 2.56. The van der Waals surface area contributed by atoms with Crippen molar-refractivity contribution in [3.05, 3.63) is 46.2 Å². The highest BCUT2D eigenvalue weighted by Crippen LogP contribution is 2.22. The Hall–Kier alpha value is -1.79. The molecule has 3 N–H and O–H groups in total. The first-order chi connectivity index (χ1) is 10.0. The van der Waals surface area contributed by atoms with Crippen LogP contribution >= 0.6 is 27.5 Å². The smallest absolute Gasteiger partial charge is 0.227 e. The zero-order valence-corrected chi connectivity index (χ0v) is 13.3. The first-order valence-corrected chi connectivity index (χ1v) is 7.30. The molecule has 0 spiro atoms. The van der Waals surface area contributed by atoms with Crippen molar-refractivity contribution in [1.82, 2.24) is 4.98 Å². The molecule has 1 amide bonds. The van der Waals surface area contributed by atoms with Crippen molar-refractivity contribution in [2.75, 3.05) is 17.7 Å². The summed E-state index contributed by atoms with van der Waals surface area (Å²) in [5.41, 5.74) is 6.69. The normalized spacial score (nSPS) is 10.2. The topological polar surface area (TPSA) is 77.2 Å². The summed E-state index contributed by atoms with van der Waals surface area (Å²) in [6, 6.07) is 6.72. The average molecular weight is 371 g/mol. The molecule has 1 aromatic heterocycles. The number of hydrogen-bond acceptors (Lipinski definition) is 4. The molecule has 1 aromatic carbocycles. The van der Waals surface area contributed by atoms with Gasteiger partial charge in [-0.25, -0.2) is 0 Å². The van der Waals surface area contributed by atoms with Crippen molar-refractivity contribution in [2.24, 2.45) is 0 Å². The molecule has 0 aliphatic carbocycles. The molecular formula is C14H13BrClN3O2. The lowest BCUT2D eigenvalue weighted by molar-refractivity contribution is -0.116. The molecule has 0 unspecified atom stereocenters. The van der Waals surface area contributed by atoms with Crippen LogP contribution in [0.4, 0.5) is 11.4 Å². The van der Waals surface area contributed by atoms with E-state index >= 15 is 0 Å². The molecule has 0 bridgehead atoms. The summed E-state index contributed by atoms with van der Waals surface area (Å²) in [6.07, 6.45) is 3.46. The lowest BCUT2D eigenvalue weighted by atomic mass is 10.2. The van der Waals surface area contributed by atoms with Gasteiger partial charge < -0.3 is 15.8 Å². The second kappa shape index (κ2) is 7.28. The highest BCUT2D eigenvalue weighted by atomic mass is 79.9. The van der Waals surface area contributed by atoms with Gasteiger partial charge in [-0.3, -0.25) is 9.78 Å². The predicted molar refractivity (Wildman–Crippen MR) is 86.5 cm³/mol. The van der Waals surface area contributed by atoms with Crippen LogP contribution in [0.3, 0.4) is 0 Å². The highest BCUT2D eigenvalue weighted by molar-refractivity contribution is 9.10. The third-order valence-corrected chi connectivity index (χ3v) is 3.34. The summed E-state index contributed by atoms with van der Waals surface area (Å²) in [5.74, 6) is 0.438. The van der Waals surface area contributed by atoms with Crippen molar-refractivity contribution in [1.29, 1.82) is 0 Å². The summed E-state index contributed by atoms with van der Waals surface area (Å²) < 4.78 is 6.26. The van der Waals surface area contributed by atoms with Gasteiger partial charge in [-0.1, -0.05) is 11.6 Å². The highest BCUT2D eigenvalue weighted by Gasteiger charge is 2.05. The van der Waals surface area contributed by atoms with E-state index in [-0.39, 0.29) is 18.9 Å². The number of benzene rings is 1. The van der Waals surface area contributed by atoms with E-state index < -0.39 is 0 Å². The van der Waals surface area contributed by atoms with Crippen LogP contribution in [0.1, 0.15) is 6.42 Å². The zero-order chi connectivity index (χ0) is 15.2. The zero-order valence-electron chi connectivity index (χ0n) is 11.0. The molecule has 110 valence electrons. The number of aromatic nitrogens is 1. The summed E-state index contributed by atoms with van der Waals surface area (Å²) in [7, 11) is 0. The lowest BCUT2D eigenvalue weighted by Crippen LogP contribution is -2.15. The number of carbonyl (C=O) groups excluding carboxylic acids is 1. The largest absolute Gasteiger partial charge is 0.491 e. The number of ether oxygens (including phenoxy) is 1. The monoisotopic (exact) mass is 369 g/mol. The predicted octanol–water partition coefficient (Wildman–Crippen LogP) is 3.49. The Morgan fingerprint density at radius 2 is 2.19 bits per heavy atom. The number of rotatable bonds is 5. The molecule has 1 heterocycles. The van der Waals surface area contributed by atoms with Crippen molar-refractivity contribution < 1.29 is 9.53 Å². The van der Waals surface area contributed by atoms with Gasteiger partial charge in [0, 0.05) is 16.4 Å². The van der Waals surface area contributed by atoms with Gasteiger partial charge in [-0.2, -0.15) is 0 Å². The van der Waals surface area contributed by atoms with Gasteiger partial charge >= 0.3 is 0 Å². The van der Waals surface area contributed by atoms with Crippen LogP contribution < -0.4 is 15.8 Å². The van der Waals surface area contributed by atoms with Gasteiger partial charge in [0.1, 0.15) is 5.75 Å². The lowest BCUT2D eigenvalue weighted by Gasteiger charge is -2.08. The Kier molecular flexibility index (Phi) is 5.41. The number of carbonyl (C=O) groups is 1. The minimum Gasteiger partial charge on any atom is -0.491 e. The van der Waals surface area contributed by atoms with E-state index in [1.807, 2.05) is 0 Å². The van der Waals surface area contributed by atoms with Crippen molar-refractivity contribution in [3.63, 3.8) is 0 Å². The summed E-state index contributed by atoms with van der Waals surface area (Å²) in [4.78, 5) is 15.7. The van der Waals surface area contributed by atoms with E-state index in [4.69, 9.17) is 22.1 Å². The molecule has 0 atom stereocenters. The van der Waals surface area contributed by atoms with Gasteiger partial charge in [0.2, 0.25) is 5.91 Å². The van der Waals surface area contributed by atoms with E-state index in [1.165, 1.54) is 0 Å². The first kappa shape index (κ1) is 15.6. The fraction of sp³-hybridized carbons (Fsp3) is 0.143. The quantitative estimate of drug-likeness (QED) is 0.790. The molecule has 0 radical (unpaired) electrons. The Balaban J connectivity index is 1.81. The first-order valence-electron chi connectivity index (χ1n) is 6.13. The van der Waals surface area contributed by atoms with Gasteiger partial charge in [0.05, 0.1) is 29.9 Å². The van der Waals surface area contributed by atoms with Gasteiger partial charge in [-0.15, -0.1) is 0 Å². The maximum absolute atomic E-state index is 11.8. The molecule has 0 saturated carbocycles. The Labute approximate surface area is 135 Å². The minimum atomic E-state index is -0.167. The van der Waals surface area contributed by atoms with E-state index in [1.54, 1.807) is 36.7 Å². The summed E-state index contributed by atoms with van der Waals surface area (Å²) in [6.45, 7) is 0.257. The van der Waals surface area contributed by atoms with E-state index in [2.05, 4.69) is 26.2 Å². The fourth-order valence-corrected chi connectivity index (χ4v) is 2.04. The molecular weight excluding hydrogens is 358 g/mol. The SMILES string of the molecule is Nc1cc(NC(=O)CCOc2cncc(Br)c2)ccc1Cl. The molecule has 0 fully saturated rings. The van der Waals surface area contributed by atoms with Crippen LogP contribution in [0.25, 0.3) is 0 Å². The van der Waals surface area contributed by atoms with Crippen molar-refractivity contribution in [3.8, 4) is 5.75 Å². The number of hydrogen-bond donors (Lipinski definition) is 2. The van der Waals surface area contributed by atoms with E-state index in [0.29, 0.717) is 22.1 Å². The number of nitrogens with two attached hydrogens (primary N) is 1. The molecule has 0 aliphatic heterocycles. The van der Waals surface area contributed by atoms with Gasteiger partial charge in [0.15, 0.2) is 0 Å². The Bertz CT molecular complexity index is 652. The fourth-order valence-electron chi connectivity index (χ4n) is 1.58. The second-order valence-corrected chi connectivity index (χ2v) is 5.54. The number of amides is 1. The van der Waals surface area contributed by atoms with Crippen LogP contribution in [-0.2, 0) is 4.79 Å². The third kappa shape index (κ3) is 4.91.